The van der Waals surface area contributed by atoms with E-state index >= 15 is 0 Å². The van der Waals surface area contributed by atoms with E-state index in [-0.39, 0.29) is 23.3 Å². The molecule has 0 unspecified atom stereocenters. The summed E-state index contributed by atoms with van der Waals surface area (Å²) in [6.07, 6.45) is 2.21. The molecule has 0 aliphatic carbocycles. The van der Waals surface area contributed by atoms with Crippen LogP contribution < -0.4 is 10.6 Å². The third kappa shape index (κ3) is 6.34. The highest BCUT2D eigenvalue weighted by Crippen LogP contribution is 2.31. The fourth-order valence-corrected chi connectivity index (χ4v) is 5.52. The number of nitrogens with one attached hydrogen (secondary N) is 2. The second kappa shape index (κ2) is 10.2. The van der Waals surface area contributed by atoms with Crippen molar-refractivity contribution in [2.45, 2.75) is 49.5 Å². The Bertz CT molecular complexity index is 1130. The number of hydrogen-bond acceptors (Lipinski definition) is 6. The van der Waals surface area contributed by atoms with Crippen LogP contribution >= 0.6 is 23.1 Å². The Hall–Kier alpha value is -2.42. The number of thioether (sulfide) groups is 1. The van der Waals surface area contributed by atoms with Gasteiger partial charge in [0, 0.05) is 24.4 Å². The largest absolute Gasteiger partial charge is 0.376 e. The summed E-state index contributed by atoms with van der Waals surface area (Å²) >= 11 is 2.94. The molecule has 0 saturated carbocycles. The Balaban J connectivity index is 1.33. The molecule has 2 N–H and O–H groups in total. The molecule has 1 atom stereocenters. The number of anilines is 1. The van der Waals surface area contributed by atoms with E-state index < -0.39 is 0 Å². The third-order valence-corrected chi connectivity index (χ3v) is 7.68. The van der Waals surface area contributed by atoms with Crippen LogP contribution in [-0.4, -0.2) is 41.8 Å². The summed E-state index contributed by atoms with van der Waals surface area (Å²) in [5.41, 5.74) is 3.44. The molecule has 8 heteroatoms. The van der Waals surface area contributed by atoms with Crippen LogP contribution in [0, 0.1) is 0 Å². The number of nitrogens with zero attached hydrogens (tertiary/aromatic N) is 1. The Morgan fingerprint density at radius 2 is 1.97 bits per heavy atom. The summed E-state index contributed by atoms with van der Waals surface area (Å²) in [5.74, 6) is 0.165. The van der Waals surface area contributed by atoms with E-state index in [2.05, 4.69) is 36.4 Å². The zero-order chi connectivity index (χ0) is 23.4. The molecule has 1 aliphatic heterocycles. The van der Waals surface area contributed by atoms with Crippen molar-refractivity contribution >= 4 is 50.8 Å². The Labute approximate surface area is 202 Å². The van der Waals surface area contributed by atoms with Crippen LogP contribution in [0.3, 0.4) is 0 Å². The van der Waals surface area contributed by atoms with Crippen molar-refractivity contribution in [1.29, 1.82) is 0 Å². The number of thiazole rings is 1. The van der Waals surface area contributed by atoms with E-state index in [1.54, 1.807) is 0 Å². The van der Waals surface area contributed by atoms with E-state index in [1.807, 2.05) is 42.5 Å². The van der Waals surface area contributed by atoms with Gasteiger partial charge < -0.3 is 15.4 Å². The van der Waals surface area contributed by atoms with Crippen molar-refractivity contribution in [3.8, 4) is 0 Å². The number of rotatable bonds is 7. The lowest BCUT2D eigenvalue weighted by Crippen LogP contribution is -2.32. The maximum atomic E-state index is 12.7. The second-order valence-corrected chi connectivity index (χ2v) is 11.4. The molecule has 1 aromatic heterocycles. The lowest BCUT2D eigenvalue weighted by Gasteiger charge is -2.19. The molecule has 0 bridgehead atoms. The molecule has 1 fully saturated rings. The normalized spacial score (nSPS) is 16.2. The van der Waals surface area contributed by atoms with Gasteiger partial charge in [0.1, 0.15) is 0 Å². The zero-order valence-electron chi connectivity index (χ0n) is 19.1. The number of carbonyl (C=O) groups excluding carboxylic acids is 2. The topological polar surface area (TPSA) is 80.3 Å². The summed E-state index contributed by atoms with van der Waals surface area (Å²) in [7, 11) is 0. The minimum atomic E-state index is -0.142. The van der Waals surface area contributed by atoms with Gasteiger partial charge in [0.05, 0.1) is 22.1 Å². The van der Waals surface area contributed by atoms with Crippen molar-refractivity contribution in [3.63, 3.8) is 0 Å². The second-order valence-electron chi connectivity index (χ2n) is 9.17. The number of amides is 2. The van der Waals surface area contributed by atoms with Gasteiger partial charge in [-0.2, -0.15) is 0 Å². The van der Waals surface area contributed by atoms with Crippen molar-refractivity contribution in [1.82, 2.24) is 10.3 Å². The first-order valence-electron chi connectivity index (χ1n) is 11.1. The Morgan fingerprint density at radius 1 is 1.18 bits per heavy atom. The minimum absolute atomic E-state index is 0.0137. The summed E-state index contributed by atoms with van der Waals surface area (Å²) in [4.78, 5) is 29.4. The van der Waals surface area contributed by atoms with E-state index in [0.29, 0.717) is 17.9 Å². The molecule has 2 heterocycles. The highest BCUT2D eigenvalue weighted by Gasteiger charge is 2.17. The number of ether oxygens (including phenoxy) is 1. The van der Waals surface area contributed by atoms with E-state index in [9.17, 15) is 9.59 Å². The van der Waals surface area contributed by atoms with Crippen LogP contribution in [0.1, 0.15) is 49.5 Å². The van der Waals surface area contributed by atoms with Crippen LogP contribution in [0.5, 0.6) is 0 Å². The number of aromatic nitrogens is 1. The molecular weight excluding hydrogens is 454 g/mol. The molecule has 6 nitrogen and oxygen atoms in total. The molecule has 33 heavy (non-hydrogen) atoms. The molecule has 2 aromatic carbocycles. The molecule has 4 rings (SSSR count). The van der Waals surface area contributed by atoms with Gasteiger partial charge in [0.25, 0.3) is 5.91 Å². The molecule has 3 aromatic rings. The smallest absolute Gasteiger partial charge is 0.255 e. The van der Waals surface area contributed by atoms with Crippen molar-refractivity contribution < 1.29 is 14.3 Å². The molecule has 0 radical (unpaired) electrons. The number of hydrogen-bond donors (Lipinski definition) is 2. The summed E-state index contributed by atoms with van der Waals surface area (Å²) in [6.45, 7) is 7.80. The van der Waals surface area contributed by atoms with Gasteiger partial charge in [-0.15, -0.1) is 11.3 Å². The predicted octanol–water partition coefficient (Wildman–Crippen LogP) is 5.23. The lowest BCUT2D eigenvalue weighted by molar-refractivity contribution is -0.119. The number of fused-ring (bicyclic) bond motifs is 1. The SMILES string of the molecule is CC(C)(C)c1ccc(C(=O)Nc2ccc3nc(SCC(=O)NC[C@H]4CCCO4)sc3c2)cc1. The van der Waals surface area contributed by atoms with Crippen LogP contribution in [0.2, 0.25) is 0 Å². The first kappa shape index (κ1) is 23.7. The van der Waals surface area contributed by atoms with Gasteiger partial charge in [-0.05, 0) is 54.2 Å². The maximum Gasteiger partial charge on any atom is 0.255 e. The molecule has 0 spiro atoms. The summed E-state index contributed by atoms with van der Waals surface area (Å²) < 4.78 is 7.33. The van der Waals surface area contributed by atoms with Crippen LogP contribution in [0.4, 0.5) is 5.69 Å². The number of benzene rings is 2. The van der Waals surface area contributed by atoms with Crippen molar-refractivity contribution in [2.24, 2.45) is 0 Å². The maximum absolute atomic E-state index is 12.7. The summed E-state index contributed by atoms with van der Waals surface area (Å²) in [6, 6.07) is 13.4. The first-order chi connectivity index (χ1) is 15.8. The van der Waals surface area contributed by atoms with E-state index in [1.165, 1.54) is 28.7 Å². The minimum Gasteiger partial charge on any atom is -0.376 e. The van der Waals surface area contributed by atoms with Crippen molar-refractivity contribution in [2.75, 3.05) is 24.2 Å². The van der Waals surface area contributed by atoms with Crippen LogP contribution in [-0.2, 0) is 14.9 Å². The lowest BCUT2D eigenvalue weighted by atomic mass is 9.87. The standard InChI is InChI=1S/C25H29N3O3S2/c1-25(2,3)17-8-6-16(7-9-17)23(30)27-18-10-11-20-21(13-18)33-24(28-20)32-15-22(29)26-14-19-5-4-12-31-19/h6-11,13,19H,4-5,12,14-15H2,1-3H3,(H,26,29)(H,27,30)/t19-/m1/s1. The highest BCUT2D eigenvalue weighted by atomic mass is 32.2. The van der Waals surface area contributed by atoms with Gasteiger partial charge in [-0.1, -0.05) is 44.7 Å². The third-order valence-electron chi connectivity index (χ3n) is 5.52. The highest BCUT2D eigenvalue weighted by molar-refractivity contribution is 8.01. The monoisotopic (exact) mass is 483 g/mol. The number of carbonyl (C=O) groups is 2. The fraction of sp³-hybridized carbons (Fsp3) is 0.400. The molecule has 1 aliphatic rings. The van der Waals surface area contributed by atoms with Gasteiger partial charge in [0.2, 0.25) is 5.91 Å². The van der Waals surface area contributed by atoms with Gasteiger partial charge >= 0.3 is 0 Å². The Kier molecular flexibility index (Phi) is 7.36. The van der Waals surface area contributed by atoms with Gasteiger partial charge in [0.15, 0.2) is 4.34 Å². The van der Waals surface area contributed by atoms with Crippen LogP contribution in [0.25, 0.3) is 10.2 Å². The van der Waals surface area contributed by atoms with E-state index in [0.717, 1.165) is 39.7 Å². The van der Waals surface area contributed by atoms with Gasteiger partial charge in [-0.3, -0.25) is 9.59 Å². The molecule has 174 valence electrons. The zero-order valence-corrected chi connectivity index (χ0v) is 20.8. The predicted molar refractivity (Wildman–Crippen MR) is 135 cm³/mol. The summed E-state index contributed by atoms with van der Waals surface area (Å²) in [5, 5.41) is 5.90. The van der Waals surface area contributed by atoms with Gasteiger partial charge in [-0.25, -0.2) is 4.98 Å². The average Bonchev–Trinajstić information content (AvgIpc) is 3.45. The average molecular weight is 484 g/mol. The first-order valence-corrected chi connectivity index (χ1v) is 12.9. The van der Waals surface area contributed by atoms with Crippen molar-refractivity contribution in [3.05, 3.63) is 53.6 Å². The van der Waals surface area contributed by atoms with Crippen LogP contribution in [0.15, 0.2) is 46.8 Å². The fourth-order valence-electron chi connectivity index (χ4n) is 3.58. The molecule has 2 amide bonds. The van der Waals surface area contributed by atoms with E-state index in [4.69, 9.17) is 4.74 Å². The Morgan fingerprint density at radius 3 is 2.67 bits per heavy atom. The molecular formula is C25H29N3O3S2. The molecule has 1 saturated heterocycles. The quantitative estimate of drug-likeness (QED) is 0.450.